The molecule has 2 unspecified atom stereocenters. The second kappa shape index (κ2) is 12.3. The minimum absolute atomic E-state index is 0.0150. The van der Waals surface area contributed by atoms with E-state index in [2.05, 4.69) is 0 Å². The molecule has 0 saturated carbocycles. The molecule has 0 N–H and O–H groups in total. The minimum Gasteiger partial charge on any atom is -0.491 e. The summed E-state index contributed by atoms with van der Waals surface area (Å²) in [5.74, 6) is -0.114. The van der Waals surface area contributed by atoms with Crippen molar-refractivity contribution < 1.29 is 36.9 Å². The van der Waals surface area contributed by atoms with Crippen molar-refractivity contribution in [3.05, 3.63) is 65.5 Å². The fourth-order valence-corrected chi connectivity index (χ4v) is 6.15. The Morgan fingerprint density at radius 3 is 2.14 bits per heavy atom. The molecule has 1 aliphatic rings. The number of carbonyl (C=O) groups is 2. The fourth-order valence-electron chi connectivity index (χ4n) is 3.45. The summed E-state index contributed by atoms with van der Waals surface area (Å²) in [6, 6.07) is 13.0. The molecule has 0 amide bonds. The number of hydrogen-bond acceptors (Lipinski definition) is 8. The Morgan fingerprint density at radius 2 is 1.60 bits per heavy atom. The molecule has 190 valence electrons. The highest BCUT2D eigenvalue weighted by atomic mass is 32.2. The van der Waals surface area contributed by atoms with E-state index in [1.807, 2.05) is 0 Å². The van der Waals surface area contributed by atoms with Gasteiger partial charge in [-0.05, 0) is 57.9 Å². The van der Waals surface area contributed by atoms with E-state index >= 15 is 0 Å². The largest absolute Gasteiger partial charge is 0.491 e. The lowest BCUT2D eigenvalue weighted by molar-refractivity contribution is -0.121. The van der Waals surface area contributed by atoms with E-state index in [0.29, 0.717) is 12.2 Å². The number of carbonyl (C=O) groups excluding carboxylic acids is 2. The Balaban J connectivity index is 1.73. The van der Waals surface area contributed by atoms with Gasteiger partial charge in [-0.15, -0.1) is 0 Å². The molecule has 2 aromatic rings. The van der Waals surface area contributed by atoms with Gasteiger partial charge in [0.05, 0.1) is 23.9 Å². The summed E-state index contributed by atoms with van der Waals surface area (Å²) in [4.78, 5) is 23.3. The zero-order valence-electron chi connectivity index (χ0n) is 20.1. The maximum Gasteiger partial charge on any atom is 0.476 e. The molecule has 1 heterocycles. The maximum absolute atomic E-state index is 14.6. The van der Waals surface area contributed by atoms with Gasteiger partial charge in [0.2, 0.25) is 0 Å². The third kappa shape index (κ3) is 8.26. The molecule has 1 aliphatic heterocycles. The maximum atomic E-state index is 14.6. The number of ether oxygens (including phenoxy) is 1. The van der Waals surface area contributed by atoms with Crippen molar-refractivity contribution in [2.45, 2.75) is 64.1 Å². The van der Waals surface area contributed by atoms with Crippen molar-refractivity contribution >= 4 is 30.5 Å². The fraction of sp³-hybridized carbons (Fsp3) is 0.440. The van der Waals surface area contributed by atoms with Gasteiger partial charge in [0, 0.05) is 5.56 Å². The van der Waals surface area contributed by atoms with Crippen LogP contribution in [-0.4, -0.2) is 35.0 Å². The lowest BCUT2D eigenvalue weighted by atomic mass is 10.1. The Hall–Kier alpha value is -2.03. The van der Waals surface area contributed by atoms with Crippen LogP contribution in [0.2, 0.25) is 0 Å². The first-order valence-corrected chi connectivity index (χ1v) is 13.7. The molecule has 0 bridgehead atoms. The number of rotatable bonds is 12. The van der Waals surface area contributed by atoms with E-state index in [1.165, 1.54) is 12.1 Å². The quantitative estimate of drug-likeness (QED) is 0.244. The van der Waals surface area contributed by atoms with Crippen molar-refractivity contribution in [3.63, 3.8) is 0 Å². The first kappa shape index (κ1) is 27.6. The van der Waals surface area contributed by atoms with Crippen molar-refractivity contribution in [2.75, 3.05) is 6.61 Å². The molecule has 3 rings (SSSR count). The van der Waals surface area contributed by atoms with Gasteiger partial charge in [-0.3, -0.25) is 23.2 Å². The number of phosphoric ester groups is 1. The van der Waals surface area contributed by atoms with Gasteiger partial charge in [0.25, 0.3) is 0 Å². The SMILES string of the molecule is CC(C)OP(=O)(OC(C)C)OC(COc1ccc(CC2SC(=O)CC2=O)cc1)c1ccccc1F. The Labute approximate surface area is 209 Å². The van der Waals surface area contributed by atoms with Crippen LogP contribution in [0.3, 0.4) is 0 Å². The summed E-state index contributed by atoms with van der Waals surface area (Å²) in [5.41, 5.74) is 1.05. The Morgan fingerprint density at radius 1 is 0.971 bits per heavy atom. The van der Waals surface area contributed by atoms with Crippen molar-refractivity contribution in [1.82, 2.24) is 0 Å². The predicted octanol–water partition coefficient (Wildman–Crippen LogP) is 6.06. The normalized spacial score (nSPS) is 17.4. The summed E-state index contributed by atoms with van der Waals surface area (Å²) >= 11 is 1.08. The van der Waals surface area contributed by atoms with E-state index in [9.17, 15) is 18.5 Å². The van der Waals surface area contributed by atoms with Crippen LogP contribution in [-0.2, 0) is 34.1 Å². The average Bonchev–Trinajstić information content (AvgIpc) is 3.08. The lowest BCUT2D eigenvalue weighted by Gasteiger charge is -2.27. The number of benzene rings is 2. The molecule has 7 nitrogen and oxygen atoms in total. The third-order valence-corrected chi connectivity index (χ3v) is 7.88. The second-order valence-electron chi connectivity index (χ2n) is 8.65. The number of halogens is 1. The molecular weight excluding hydrogens is 494 g/mol. The van der Waals surface area contributed by atoms with Gasteiger partial charge in [0.1, 0.15) is 24.3 Å². The molecule has 2 aromatic carbocycles. The van der Waals surface area contributed by atoms with Crippen molar-refractivity contribution in [2.24, 2.45) is 0 Å². The average molecular weight is 525 g/mol. The minimum atomic E-state index is -4.04. The van der Waals surface area contributed by atoms with E-state index < -0.39 is 32.0 Å². The number of thioether (sulfide) groups is 1. The summed E-state index contributed by atoms with van der Waals surface area (Å²) in [5, 5.41) is -0.455. The number of phosphoric acid groups is 1. The summed E-state index contributed by atoms with van der Waals surface area (Å²) in [6.07, 6.45) is -1.53. The van der Waals surface area contributed by atoms with Gasteiger partial charge in [-0.25, -0.2) is 8.96 Å². The van der Waals surface area contributed by atoms with E-state index in [4.69, 9.17) is 18.3 Å². The molecular formula is C25H30FO7PS. The second-order valence-corrected chi connectivity index (χ2v) is 11.4. The zero-order valence-corrected chi connectivity index (χ0v) is 21.9. The van der Waals surface area contributed by atoms with Crippen LogP contribution >= 0.6 is 19.6 Å². The zero-order chi connectivity index (χ0) is 25.6. The van der Waals surface area contributed by atoms with Gasteiger partial charge in [-0.1, -0.05) is 42.1 Å². The summed E-state index contributed by atoms with van der Waals surface area (Å²) in [7, 11) is -4.04. The van der Waals surface area contributed by atoms with E-state index in [-0.39, 0.29) is 34.7 Å². The first-order valence-electron chi connectivity index (χ1n) is 11.4. The van der Waals surface area contributed by atoms with Crippen LogP contribution in [0.1, 0.15) is 51.3 Å². The summed E-state index contributed by atoms with van der Waals surface area (Å²) in [6.45, 7) is 6.64. The van der Waals surface area contributed by atoms with Gasteiger partial charge >= 0.3 is 7.82 Å². The van der Waals surface area contributed by atoms with Crippen molar-refractivity contribution in [3.8, 4) is 5.75 Å². The first-order chi connectivity index (χ1) is 16.5. The van der Waals surface area contributed by atoms with Gasteiger partial charge in [-0.2, -0.15) is 0 Å². The molecule has 35 heavy (non-hydrogen) atoms. The molecule has 10 heteroatoms. The van der Waals surface area contributed by atoms with Crippen LogP contribution in [0.4, 0.5) is 4.39 Å². The molecule has 0 radical (unpaired) electrons. The number of Topliss-reactive ketones (excluding diaryl/α,β-unsaturated/α-hetero) is 1. The summed E-state index contributed by atoms with van der Waals surface area (Å²) < 4.78 is 50.5. The molecule has 2 atom stereocenters. The van der Waals surface area contributed by atoms with Crippen LogP contribution in [0, 0.1) is 5.82 Å². The van der Waals surface area contributed by atoms with Crippen LogP contribution in [0.5, 0.6) is 5.75 Å². The number of ketones is 1. The van der Waals surface area contributed by atoms with E-state index in [0.717, 1.165) is 17.3 Å². The van der Waals surface area contributed by atoms with Crippen molar-refractivity contribution in [1.29, 1.82) is 0 Å². The molecule has 1 saturated heterocycles. The highest BCUT2D eigenvalue weighted by Crippen LogP contribution is 2.55. The molecule has 0 spiro atoms. The van der Waals surface area contributed by atoms with Crippen LogP contribution in [0.15, 0.2) is 48.5 Å². The van der Waals surface area contributed by atoms with E-state index in [1.54, 1.807) is 64.1 Å². The predicted molar refractivity (Wildman–Crippen MR) is 132 cm³/mol. The number of hydrogen-bond donors (Lipinski definition) is 0. The highest BCUT2D eigenvalue weighted by molar-refractivity contribution is 8.15. The lowest BCUT2D eigenvalue weighted by Crippen LogP contribution is -2.18. The highest BCUT2D eigenvalue weighted by Gasteiger charge is 2.35. The van der Waals surface area contributed by atoms with Crippen LogP contribution < -0.4 is 4.74 Å². The monoisotopic (exact) mass is 524 g/mol. The third-order valence-electron chi connectivity index (χ3n) is 4.89. The topological polar surface area (TPSA) is 88.1 Å². The molecule has 0 aromatic heterocycles. The smallest absolute Gasteiger partial charge is 0.476 e. The van der Waals surface area contributed by atoms with Gasteiger partial charge in [0.15, 0.2) is 10.9 Å². The molecule has 1 fully saturated rings. The Bertz CT molecular complexity index is 1060. The van der Waals surface area contributed by atoms with Gasteiger partial charge < -0.3 is 4.74 Å². The molecule has 0 aliphatic carbocycles. The standard InChI is InChI=1S/C25H30FO7PS/c1-16(2)31-34(29,32-17(3)4)33-23(20-7-5-6-8-21(20)26)15-30-19-11-9-18(10-12-19)13-24-22(27)14-25(28)35-24/h5-12,16-17,23-24H,13-15H2,1-4H3. The van der Waals surface area contributed by atoms with Crippen LogP contribution in [0.25, 0.3) is 0 Å². The Kier molecular flexibility index (Phi) is 9.67.